The lowest BCUT2D eigenvalue weighted by atomic mass is 10.1. The summed E-state index contributed by atoms with van der Waals surface area (Å²) in [7, 11) is 0. The highest BCUT2D eigenvalue weighted by atomic mass is 16.6. The number of carbonyl (C=O) groups excluding carboxylic acids is 1. The summed E-state index contributed by atoms with van der Waals surface area (Å²) in [5, 5.41) is 0. The van der Waals surface area contributed by atoms with Crippen LogP contribution < -0.4 is 4.90 Å². The summed E-state index contributed by atoms with van der Waals surface area (Å²) in [6.07, 6.45) is 5.78. The van der Waals surface area contributed by atoms with Crippen molar-refractivity contribution in [2.75, 3.05) is 18.0 Å². The molecule has 4 rings (SSSR count). The summed E-state index contributed by atoms with van der Waals surface area (Å²) in [5.41, 5.74) is 3.95. The van der Waals surface area contributed by atoms with Gasteiger partial charge in [-0.2, -0.15) is 0 Å². The lowest BCUT2D eigenvalue weighted by Crippen LogP contribution is -2.56. The molecule has 1 aromatic rings. The zero-order valence-corrected chi connectivity index (χ0v) is 15.0. The molecule has 4 heteroatoms. The number of aryl methyl sites for hydroxylation is 2. The average Bonchev–Trinajstić information content (AvgIpc) is 3.07. The van der Waals surface area contributed by atoms with Crippen molar-refractivity contribution in [3.63, 3.8) is 0 Å². The van der Waals surface area contributed by atoms with Crippen LogP contribution in [0.15, 0.2) is 18.2 Å². The molecular formula is C20H28N2O2. The predicted molar refractivity (Wildman–Crippen MR) is 95.6 cm³/mol. The van der Waals surface area contributed by atoms with Crippen molar-refractivity contribution in [2.24, 2.45) is 0 Å². The van der Waals surface area contributed by atoms with Crippen LogP contribution >= 0.6 is 0 Å². The molecule has 1 aromatic carbocycles. The molecule has 24 heavy (non-hydrogen) atoms. The molecule has 1 amide bonds. The highest BCUT2D eigenvalue weighted by molar-refractivity contribution is 5.70. The van der Waals surface area contributed by atoms with Crippen LogP contribution in [0.25, 0.3) is 0 Å². The first-order chi connectivity index (χ1) is 11.4. The number of carbonyl (C=O) groups is 1. The van der Waals surface area contributed by atoms with Gasteiger partial charge in [0, 0.05) is 18.8 Å². The molecule has 0 aromatic heterocycles. The molecule has 2 heterocycles. The zero-order chi connectivity index (χ0) is 16.9. The van der Waals surface area contributed by atoms with Crippen molar-refractivity contribution in [2.45, 2.75) is 70.6 Å². The topological polar surface area (TPSA) is 32.8 Å². The van der Waals surface area contributed by atoms with E-state index in [1.165, 1.54) is 36.1 Å². The average molecular weight is 328 g/mol. The Morgan fingerprint density at radius 2 is 1.75 bits per heavy atom. The fraction of sp³-hybridized carbons (Fsp3) is 0.650. The Hall–Kier alpha value is -1.71. The number of piperazine rings is 1. The second kappa shape index (κ2) is 5.68. The number of anilines is 1. The Morgan fingerprint density at radius 1 is 1.08 bits per heavy atom. The van der Waals surface area contributed by atoms with E-state index in [-0.39, 0.29) is 18.2 Å². The van der Waals surface area contributed by atoms with Gasteiger partial charge in [0.25, 0.3) is 0 Å². The number of ether oxygens (including phenoxy) is 1. The first-order valence-electron chi connectivity index (χ1n) is 9.29. The number of hydrogen-bond donors (Lipinski definition) is 0. The summed E-state index contributed by atoms with van der Waals surface area (Å²) in [6.45, 7) is 7.66. The minimum atomic E-state index is -0.423. The van der Waals surface area contributed by atoms with Gasteiger partial charge in [-0.05, 0) is 76.1 Å². The van der Waals surface area contributed by atoms with Gasteiger partial charge in [-0.1, -0.05) is 6.07 Å². The van der Waals surface area contributed by atoms with E-state index in [0.29, 0.717) is 0 Å². The molecule has 1 aliphatic carbocycles. The van der Waals surface area contributed by atoms with Crippen LogP contribution in [0.2, 0.25) is 0 Å². The first-order valence-corrected chi connectivity index (χ1v) is 9.29. The molecule has 3 aliphatic rings. The first kappa shape index (κ1) is 15.8. The van der Waals surface area contributed by atoms with E-state index in [1.807, 2.05) is 25.7 Å². The number of hydrogen-bond acceptors (Lipinski definition) is 3. The molecule has 2 fully saturated rings. The van der Waals surface area contributed by atoms with Crippen LogP contribution in [0.3, 0.4) is 0 Å². The summed E-state index contributed by atoms with van der Waals surface area (Å²) < 4.78 is 5.63. The van der Waals surface area contributed by atoms with Crippen molar-refractivity contribution in [1.29, 1.82) is 0 Å². The molecular weight excluding hydrogens is 300 g/mol. The van der Waals surface area contributed by atoms with Crippen LogP contribution in [0.4, 0.5) is 10.5 Å². The summed E-state index contributed by atoms with van der Waals surface area (Å²) >= 11 is 0. The maximum absolute atomic E-state index is 12.6. The largest absolute Gasteiger partial charge is 0.444 e. The predicted octanol–water partition coefficient (Wildman–Crippen LogP) is 3.76. The fourth-order valence-corrected chi connectivity index (χ4v) is 4.48. The quantitative estimate of drug-likeness (QED) is 0.787. The third kappa shape index (κ3) is 2.87. The molecule has 0 radical (unpaired) electrons. The molecule has 0 saturated carbocycles. The Labute approximate surface area is 144 Å². The van der Waals surface area contributed by atoms with Crippen molar-refractivity contribution in [3.8, 4) is 0 Å². The number of benzene rings is 1. The van der Waals surface area contributed by atoms with Gasteiger partial charge in [-0.25, -0.2) is 4.79 Å². The third-order valence-corrected chi connectivity index (χ3v) is 5.53. The SMILES string of the molecule is CC(C)(C)OC(=O)N1C2CCC1CN(c1ccc3c(c1)CCC3)C2. The molecule has 2 bridgehead atoms. The maximum Gasteiger partial charge on any atom is 0.410 e. The lowest BCUT2D eigenvalue weighted by Gasteiger charge is -2.42. The molecule has 2 unspecified atom stereocenters. The number of amides is 1. The van der Waals surface area contributed by atoms with Gasteiger partial charge in [0.2, 0.25) is 0 Å². The second-order valence-corrected chi connectivity index (χ2v) is 8.48. The summed E-state index contributed by atoms with van der Waals surface area (Å²) in [6, 6.07) is 7.52. The van der Waals surface area contributed by atoms with E-state index >= 15 is 0 Å². The maximum atomic E-state index is 12.6. The molecule has 130 valence electrons. The van der Waals surface area contributed by atoms with E-state index in [9.17, 15) is 4.79 Å². The normalized spacial score (nSPS) is 25.8. The minimum Gasteiger partial charge on any atom is -0.444 e. The summed E-state index contributed by atoms with van der Waals surface area (Å²) in [5.74, 6) is 0. The molecule has 2 atom stereocenters. The van der Waals surface area contributed by atoms with Gasteiger partial charge in [0.05, 0.1) is 12.1 Å². The smallest absolute Gasteiger partial charge is 0.410 e. The van der Waals surface area contributed by atoms with Crippen molar-refractivity contribution in [3.05, 3.63) is 29.3 Å². The molecule has 2 saturated heterocycles. The van der Waals surface area contributed by atoms with E-state index in [4.69, 9.17) is 4.74 Å². The summed E-state index contributed by atoms with van der Waals surface area (Å²) in [4.78, 5) is 17.0. The van der Waals surface area contributed by atoms with Gasteiger partial charge < -0.3 is 9.64 Å². The van der Waals surface area contributed by atoms with E-state index in [1.54, 1.807) is 0 Å². The van der Waals surface area contributed by atoms with Gasteiger partial charge in [0.15, 0.2) is 0 Å². The Bertz CT molecular complexity index is 636. The van der Waals surface area contributed by atoms with E-state index in [2.05, 4.69) is 23.1 Å². The minimum absolute atomic E-state index is 0.136. The molecule has 2 aliphatic heterocycles. The highest BCUT2D eigenvalue weighted by Gasteiger charge is 2.44. The number of rotatable bonds is 1. The molecule has 0 spiro atoms. The van der Waals surface area contributed by atoms with Crippen LogP contribution in [0.5, 0.6) is 0 Å². The standard InChI is InChI=1S/C20H28N2O2/c1-20(2,3)24-19(23)22-17-9-10-18(22)13-21(12-17)16-8-7-14-5-4-6-15(14)11-16/h7-8,11,17-18H,4-6,9-10,12-13H2,1-3H3. The van der Waals surface area contributed by atoms with Crippen LogP contribution in [0, 0.1) is 0 Å². The van der Waals surface area contributed by atoms with E-state index in [0.717, 1.165) is 25.9 Å². The highest BCUT2D eigenvalue weighted by Crippen LogP contribution is 2.35. The monoisotopic (exact) mass is 328 g/mol. The van der Waals surface area contributed by atoms with Gasteiger partial charge in [-0.3, -0.25) is 4.90 Å². The third-order valence-electron chi connectivity index (χ3n) is 5.53. The van der Waals surface area contributed by atoms with Crippen molar-refractivity contribution < 1.29 is 9.53 Å². The number of fused-ring (bicyclic) bond motifs is 3. The van der Waals surface area contributed by atoms with Crippen LogP contribution in [-0.2, 0) is 17.6 Å². The Balaban J connectivity index is 1.49. The van der Waals surface area contributed by atoms with Gasteiger partial charge in [-0.15, -0.1) is 0 Å². The van der Waals surface area contributed by atoms with E-state index < -0.39 is 5.60 Å². The van der Waals surface area contributed by atoms with Crippen molar-refractivity contribution >= 4 is 11.8 Å². The second-order valence-electron chi connectivity index (χ2n) is 8.48. The molecule has 4 nitrogen and oxygen atoms in total. The zero-order valence-electron chi connectivity index (χ0n) is 15.0. The van der Waals surface area contributed by atoms with Gasteiger partial charge >= 0.3 is 6.09 Å². The molecule has 0 N–H and O–H groups in total. The van der Waals surface area contributed by atoms with Gasteiger partial charge in [0.1, 0.15) is 5.60 Å². The van der Waals surface area contributed by atoms with Crippen molar-refractivity contribution in [1.82, 2.24) is 4.90 Å². The van der Waals surface area contributed by atoms with Crippen LogP contribution in [-0.4, -0.2) is 41.8 Å². The Morgan fingerprint density at radius 3 is 2.42 bits per heavy atom. The number of nitrogens with zero attached hydrogens (tertiary/aromatic N) is 2. The van der Waals surface area contributed by atoms with Crippen LogP contribution in [0.1, 0.15) is 51.2 Å². The fourth-order valence-electron chi connectivity index (χ4n) is 4.48. The lowest BCUT2D eigenvalue weighted by molar-refractivity contribution is 0.0123. The Kier molecular flexibility index (Phi) is 3.74.